The van der Waals surface area contributed by atoms with E-state index in [0.29, 0.717) is 48.6 Å². The Kier molecular flexibility index (Phi) is 7.25. The third kappa shape index (κ3) is 4.33. The van der Waals surface area contributed by atoms with Gasteiger partial charge in [-0.2, -0.15) is 0 Å². The third-order valence-electron chi connectivity index (χ3n) is 3.97. The molecule has 130 valence electrons. The molecule has 25 heavy (non-hydrogen) atoms. The zero-order chi connectivity index (χ0) is 18.4. The van der Waals surface area contributed by atoms with E-state index >= 15 is 0 Å². The second-order valence-corrected chi connectivity index (χ2v) is 8.16. The average Bonchev–Trinajstić information content (AvgIpc) is 2.67. The summed E-state index contributed by atoms with van der Waals surface area (Å²) in [6.07, 6.45) is -0.296. The van der Waals surface area contributed by atoms with Crippen molar-refractivity contribution in [3.05, 3.63) is 53.6 Å². The van der Waals surface area contributed by atoms with E-state index in [4.69, 9.17) is 18.9 Å². The van der Waals surface area contributed by atoms with Crippen LogP contribution in [0.25, 0.3) is 0 Å². The van der Waals surface area contributed by atoms with Crippen LogP contribution in [0.5, 0.6) is 17.2 Å². The quantitative estimate of drug-likeness (QED) is 0.385. The second-order valence-electron chi connectivity index (χ2n) is 5.36. The maximum absolute atomic E-state index is 13.2. The van der Waals surface area contributed by atoms with Crippen LogP contribution in [-0.4, -0.2) is 60.0 Å². The number of carbonyl (C=O) groups excluding carboxylic acids is 1. The van der Waals surface area contributed by atoms with E-state index in [9.17, 15) is 4.79 Å². The predicted octanol–water partition coefficient (Wildman–Crippen LogP) is 3.24. The molecule has 0 radical (unpaired) electrons. The third-order valence-corrected chi connectivity index (χ3v) is 6.51. The Labute approximate surface area is 163 Å². The Morgan fingerprint density at radius 1 is 0.920 bits per heavy atom. The summed E-state index contributed by atoms with van der Waals surface area (Å²) in [7, 11) is 6.24. The molecule has 2 aromatic carbocycles. The SMILES string of the molecule is COc1cc(OC)c(C(=O)[CH]([Tl])C(OC)c2ccccc2)c(OC)c1. The van der Waals surface area contributed by atoms with Crippen LogP contribution in [0, 0.1) is 0 Å². The summed E-state index contributed by atoms with van der Waals surface area (Å²) in [5.74, 6) is 1.41. The molecule has 2 atom stereocenters. The van der Waals surface area contributed by atoms with Crippen LogP contribution < -0.4 is 14.2 Å². The van der Waals surface area contributed by atoms with Crippen molar-refractivity contribution in [2.75, 3.05) is 28.4 Å². The Bertz CT molecular complexity index is 692. The summed E-state index contributed by atoms with van der Waals surface area (Å²) >= 11 is 0.374. The molecule has 2 aromatic rings. The van der Waals surface area contributed by atoms with Crippen molar-refractivity contribution in [3.63, 3.8) is 0 Å². The topological polar surface area (TPSA) is 54.0 Å². The van der Waals surface area contributed by atoms with E-state index in [1.54, 1.807) is 26.4 Å². The summed E-state index contributed by atoms with van der Waals surface area (Å²) in [6, 6.07) is 13.2. The average molecular weight is 534 g/mol. The van der Waals surface area contributed by atoms with Gasteiger partial charge in [0.05, 0.1) is 0 Å². The van der Waals surface area contributed by atoms with Crippen molar-refractivity contribution in [3.8, 4) is 17.2 Å². The molecule has 0 saturated heterocycles. The van der Waals surface area contributed by atoms with E-state index in [1.165, 1.54) is 14.2 Å². The molecule has 0 aliphatic heterocycles. The Morgan fingerprint density at radius 3 is 1.92 bits per heavy atom. The van der Waals surface area contributed by atoms with Crippen LogP contribution in [-0.2, 0) is 4.74 Å². The standard InChI is InChI=1S/C19H21O5.Tl/c1-21-14-10-17(23-3)19(18(11-14)24-4)15(20)12-16(22-2)13-8-6-5-7-9-13;/h5-12,16H,1-4H3;. The summed E-state index contributed by atoms with van der Waals surface area (Å²) in [5, 5.41) is 0. The number of Topliss-reactive ketones (excluding diaryl/α,β-unsaturated/α-hetero) is 1. The number of ketones is 1. The molecule has 0 N–H and O–H groups in total. The summed E-state index contributed by atoms with van der Waals surface area (Å²) < 4.78 is 21.5. The van der Waals surface area contributed by atoms with Gasteiger partial charge >= 0.3 is 164 Å². The van der Waals surface area contributed by atoms with Gasteiger partial charge < -0.3 is 0 Å². The van der Waals surface area contributed by atoms with Crippen molar-refractivity contribution >= 4 is 31.6 Å². The van der Waals surface area contributed by atoms with E-state index in [2.05, 4.69) is 0 Å². The van der Waals surface area contributed by atoms with Crippen molar-refractivity contribution in [1.29, 1.82) is 0 Å². The van der Waals surface area contributed by atoms with Crippen LogP contribution in [0.1, 0.15) is 22.0 Å². The number of rotatable bonds is 8. The molecule has 6 heteroatoms. The van der Waals surface area contributed by atoms with E-state index < -0.39 is 0 Å². The van der Waals surface area contributed by atoms with Crippen LogP contribution in [0.15, 0.2) is 42.5 Å². The second kappa shape index (κ2) is 9.19. The number of benzene rings is 2. The van der Waals surface area contributed by atoms with Crippen molar-refractivity contribution in [2.24, 2.45) is 0 Å². The van der Waals surface area contributed by atoms with Gasteiger partial charge in [-0.25, -0.2) is 0 Å². The van der Waals surface area contributed by atoms with Crippen molar-refractivity contribution in [1.82, 2.24) is 0 Å². The van der Waals surface area contributed by atoms with Crippen molar-refractivity contribution < 1.29 is 23.7 Å². The number of hydrogen-bond acceptors (Lipinski definition) is 5. The molecule has 2 unspecified atom stereocenters. The van der Waals surface area contributed by atoms with Crippen LogP contribution in [0.4, 0.5) is 0 Å². The minimum atomic E-state index is -0.296. The number of ether oxygens (including phenoxy) is 4. The van der Waals surface area contributed by atoms with Crippen molar-refractivity contribution in [2.45, 2.75) is 9.58 Å². The molecular formula is C19H21O5Tl. The fraction of sp³-hybridized carbons (Fsp3) is 0.316. The minimum absolute atomic E-state index is 0.0444. The zero-order valence-electron chi connectivity index (χ0n) is 14.8. The van der Waals surface area contributed by atoms with E-state index in [1.807, 2.05) is 30.3 Å². The van der Waals surface area contributed by atoms with Gasteiger partial charge in [-0.3, -0.25) is 0 Å². The molecule has 0 fully saturated rings. The molecule has 0 bridgehead atoms. The van der Waals surface area contributed by atoms with Gasteiger partial charge in [-0.1, -0.05) is 0 Å². The molecule has 0 aliphatic carbocycles. The molecule has 2 rings (SSSR count). The van der Waals surface area contributed by atoms with E-state index in [0.717, 1.165) is 5.56 Å². The van der Waals surface area contributed by atoms with Crippen LogP contribution in [0.2, 0.25) is 3.48 Å². The summed E-state index contributed by atoms with van der Waals surface area (Å²) in [6.45, 7) is 0. The summed E-state index contributed by atoms with van der Waals surface area (Å²) in [5.41, 5.74) is 1.41. The molecule has 0 aromatic heterocycles. The van der Waals surface area contributed by atoms with Gasteiger partial charge in [0.25, 0.3) is 0 Å². The first-order chi connectivity index (χ1) is 12.1. The monoisotopic (exact) mass is 534 g/mol. The number of carbonyl (C=O) groups is 1. The van der Waals surface area contributed by atoms with Gasteiger partial charge in [-0.05, 0) is 0 Å². The molecule has 0 spiro atoms. The van der Waals surface area contributed by atoms with Crippen LogP contribution in [0.3, 0.4) is 0 Å². The number of hydrogen-bond donors (Lipinski definition) is 0. The fourth-order valence-electron chi connectivity index (χ4n) is 2.69. The van der Waals surface area contributed by atoms with E-state index in [-0.39, 0.29) is 15.4 Å². The van der Waals surface area contributed by atoms with Gasteiger partial charge in [0.2, 0.25) is 0 Å². The first-order valence-corrected chi connectivity index (χ1v) is 10.3. The molecular weight excluding hydrogens is 513 g/mol. The van der Waals surface area contributed by atoms with Gasteiger partial charge in [0.1, 0.15) is 0 Å². The number of methoxy groups -OCH3 is 4. The first-order valence-electron chi connectivity index (χ1n) is 7.74. The molecule has 5 nitrogen and oxygen atoms in total. The first kappa shape index (κ1) is 19.7. The Morgan fingerprint density at radius 2 is 1.48 bits per heavy atom. The fourth-order valence-corrected chi connectivity index (χ4v) is 4.81. The van der Waals surface area contributed by atoms with Gasteiger partial charge in [0.15, 0.2) is 0 Å². The summed E-state index contributed by atoms with van der Waals surface area (Å²) in [4.78, 5) is 13.2. The van der Waals surface area contributed by atoms with Crippen LogP contribution >= 0.6 is 0 Å². The molecule has 0 aliphatic rings. The molecule has 0 heterocycles. The maximum atomic E-state index is 13.2. The predicted molar refractivity (Wildman–Crippen MR) is 96.1 cm³/mol. The Hall–Kier alpha value is -1.61. The Balaban J connectivity index is 2.45. The normalized spacial score (nSPS) is 12.9. The van der Waals surface area contributed by atoms with Gasteiger partial charge in [0, 0.05) is 0 Å². The molecule has 0 amide bonds. The molecule has 0 saturated carbocycles. The van der Waals surface area contributed by atoms with Gasteiger partial charge in [-0.15, -0.1) is 0 Å². The zero-order valence-corrected chi connectivity index (χ0v) is 19.3.